The summed E-state index contributed by atoms with van der Waals surface area (Å²) in [4.78, 5) is 8.92. The summed E-state index contributed by atoms with van der Waals surface area (Å²) >= 11 is 7.89. The number of rotatable bonds is 5. The third-order valence-corrected chi connectivity index (χ3v) is 5.02. The van der Waals surface area contributed by atoms with Crippen molar-refractivity contribution in [1.82, 2.24) is 9.36 Å². The second-order valence-corrected chi connectivity index (χ2v) is 6.43. The fourth-order valence-electron chi connectivity index (χ4n) is 1.57. The van der Waals surface area contributed by atoms with Crippen molar-refractivity contribution in [2.75, 3.05) is 7.11 Å². The Morgan fingerprint density at radius 2 is 2.25 bits per heavy atom. The van der Waals surface area contributed by atoms with Gasteiger partial charge in [-0.1, -0.05) is 16.8 Å². The van der Waals surface area contributed by atoms with Crippen LogP contribution in [-0.4, -0.2) is 22.7 Å². The van der Waals surface area contributed by atoms with Crippen LogP contribution in [0.1, 0.15) is 16.0 Å². The van der Waals surface area contributed by atoms with Gasteiger partial charge in [0.1, 0.15) is 28.8 Å². The van der Waals surface area contributed by atoms with Crippen LogP contribution in [0.15, 0.2) is 27.5 Å². The average Bonchev–Trinajstić information content (AvgIpc) is 2.90. The summed E-state index contributed by atoms with van der Waals surface area (Å²) in [6, 6.07) is 2.81. The summed E-state index contributed by atoms with van der Waals surface area (Å²) in [6.45, 7) is 0. The lowest BCUT2D eigenvalue weighted by Gasteiger charge is -2.08. The lowest BCUT2D eigenvalue weighted by Crippen LogP contribution is -2.05. The smallest absolute Gasteiger partial charge is 0.399 e. The fourth-order valence-corrected chi connectivity index (χ4v) is 3.56. The van der Waals surface area contributed by atoms with E-state index in [0.29, 0.717) is 28.1 Å². The molecule has 0 atom stereocenters. The van der Waals surface area contributed by atoms with Crippen LogP contribution in [0.2, 0.25) is 5.02 Å². The van der Waals surface area contributed by atoms with E-state index in [1.165, 1.54) is 13.3 Å². The lowest BCUT2D eigenvalue weighted by atomic mass is 10.2. The Morgan fingerprint density at radius 1 is 1.50 bits per heavy atom. The van der Waals surface area contributed by atoms with Crippen LogP contribution in [0.4, 0.5) is 13.2 Å². The molecule has 2 aromatic heterocycles. The zero-order valence-corrected chi connectivity index (χ0v) is 14.4. The van der Waals surface area contributed by atoms with Crippen molar-refractivity contribution in [3.05, 3.63) is 33.3 Å². The molecular formula is C13H8ClF3N4OS2. The molecule has 2 heterocycles. The topological polar surface area (TPSA) is 71.2 Å². The van der Waals surface area contributed by atoms with E-state index in [2.05, 4.69) is 19.4 Å². The summed E-state index contributed by atoms with van der Waals surface area (Å²) in [7, 11) is 1.40. The summed E-state index contributed by atoms with van der Waals surface area (Å²) in [6.07, 6.45) is -2.00. The second-order valence-electron chi connectivity index (χ2n) is 4.18. The molecule has 0 aliphatic rings. The van der Waals surface area contributed by atoms with E-state index in [0.717, 1.165) is 29.4 Å². The molecule has 0 bridgehead atoms. The molecule has 24 heavy (non-hydrogen) atoms. The first kappa shape index (κ1) is 18.5. The van der Waals surface area contributed by atoms with Gasteiger partial charge in [-0.2, -0.15) is 22.8 Å². The molecule has 0 radical (unpaired) electrons. The summed E-state index contributed by atoms with van der Waals surface area (Å²) in [5.41, 5.74) is -0.627. The highest BCUT2D eigenvalue weighted by atomic mass is 35.5. The zero-order chi connectivity index (χ0) is 17.7. The van der Waals surface area contributed by atoms with Gasteiger partial charge >= 0.3 is 6.18 Å². The van der Waals surface area contributed by atoms with Gasteiger partial charge in [-0.3, -0.25) is 0 Å². The van der Waals surface area contributed by atoms with Crippen molar-refractivity contribution in [2.24, 2.45) is 5.16 Å². The van der Waals surface area contributed by atoms with Crippen LogP contribution in [0.3, 0.4) is 0 Å². The van der Waals surface area contributed by atoms with E-state index in [9.17, 15) is 18.4 Å². The predicted molar refractivity (Wildman–Crippen MR) is 84.4 cm³/mol. The number of hydrogen-bond acceptors (Lipinski definition) is 7. The van der Waals surface area contributed by atoms with E-state index in [1.807, 2.05) is 6.07 Å². The summed E-state index contributed by atoms with van der Waals surface area (Å²) in [5.74, 6) is 0. The third-order valence-electron chi connectivity index (χ3n) is 2.63. The van der Waals surface area contributed by atoms with Crippen LogP contribution >= 0.6 is 34.9 Å². The molecule has 126 valence electrons. The van der Waals surface area contributed by atoms with Crippen LogP contribution in [0, 0.1) is 11.3 Å². The van der Waals surface area contributed by atoms with Crippen molar-refractivity contribution in [3.63, 3.8) is 0 Å². The van der Waals surface area contributed by atoms with Crippen molar-refractivity contribution < 1.29 is 18.0 Å². The molecule has 0 N–H and O–H groups in total. The van der Waals surface area contributed by atoms with E-state index < -0.39 is 11.7 Å². The minimum atomic E-state index is -4.52. The molecule has 0 spiro atoms. The maximum Gasteiger partial charge on any atom is 0.417 e. The van der Waals surface area contributed by atoms with Gasteiger partial charge in [0.05, 0.1) is 10.6 Å². The number of aromatic nitrogens is 2. The Morgan fingerprint density at radius 3 is 2.83 bits per heavy atom. The van der Waals surface area contributed by atoms with Gasteiger partial charge in [-0.05, 0) is 29.4 Å². The maximum absolute atomic E-state index is 12.6. The van der Waals surface area contributed by atoms with Gasteiger partial charge in [0.25, 0.3) is 0 Å². The lowest BCUT2D eigenvalue weighted by molar-refractivity contribution is -0.137. The summed E-state index contributed by atoms with van der Waals surface area (Å²) < 4.78 is 42.0. The molecule has 2 rings (SSSR count). The molecule has 0 aliphatic carbocycles. The van der Waals surface area contributed by atoms with E-state index in [4.69, 9.17) is 11.6 Å². The number of oxime groups is 1. The minimum Gasteiger partial charge on any atom is -0.399 e. The predicted octanol–water partition coefficient (Wildman–Crippen LogP) is 4.41. The monoisotopic (exact) mass is 392 g/mol. The van der Waals surface area contributed by atoms with E-state index in [1.54, 1.807) is 0 Å². The second kappa shape index (κ2) is 7.83. The van der Waals surface area contributed by atoms with Crippen molar-refractivity contribution >= 4 is 41.1 Å². The SMILES string of the molecule is CO/N=C\Cc1snc(Sc2ncc(C(F)(F)F)cc2Cl)c1C#N. The van der Waals surface area contributed by atoms with Crippen molar-refractivity contribution in [2.45, 2.75) is 22.6 Å². The van der Waals surface area contributed by atoms with Crippen LogP contribution in [-0.2, 0) is 17.4 Å². The normalized spacial score (nSPS) is 11.7. The molecule has 0 amide bonds. The highest BCUT2D eigenvalue weighted by molar-refractivity contribution is 7.99. The molecule has 5 nitrogen and oxygen atoms in total. The van der Waals surface area contributed by atoms with E-state index in [-0.39, 0.29) is 10.0 Å². The number of nitrogens with zero attached hydrogens (tertiary/aromatic N) is 4. The fraction of sp³-hybridized carbons (Fsp3) is 0.231. The Labute approximate surface area is 148 Å². The molecular weight excluding hydrogens is 385 g/mol. The largest absolute Gasteiger partial charge is 0.417 e. The minimum absolute atomic E-state index is 0.142. The number of hydrogen-bond donors (Lipinski definition) is 0. The van der Waals surface area contributed by atoms with E-state index >= 15 is 0 Å². The first-order valence-corrected chi connectivity index (χ1v) is 8.17. The van der Waals surface area contributed by atoms with Gasteiger partial charge in [0, 0.05) is 23.7 Å². The van der Waals surface area contributed by atoms with Crippen LogP contribution in [0.25, 0.3) is 0 Å². The van der Waals surface area contributed by atoms with Gasteiger partial charge in [0.15, 0.2) is 0 Å². The molecule has 0 saturated carbocycles. The molecule has 2 aromatic rings. The molecule has 0 unspecified atom stereocenters. The molecule has 0 aromatic carbocycles. The number of pyridine rings is 1. The van der Waals surface area contributed by atoms with Crippen molar-refractivity contribution in [1.29, 1.82) is 5.26 Å². The Hall–Kier alpha value is -1.83. The maximum atomic E-state index is 12.6. The molecule has 0 saturated heterocycles. The van der Waals surface area contributed by atoms with Crippen LogP contribution in [0.5, 0.6) is 0 Å². The number of alkyl halides is 3. The Bertz CT molecular complexity index is 801. The van der Waals surface area contributed by atoms with Crippen LogP contribution < -0.4 is 0 Å². The zero-order valence-electron chi connectivity index (χ0n) is 12.0. The van der Waals surface area contributed by atoms with Gasteiger partial charge < -0.3 is 4.84 Å². The Kier molecular flexibility index (Phi) is 6.04. The molecule has 0 aliphatic heterocycles. The highest BCUT2D eigenvalue weighted by Crippen LogP contribution is 2.38. The first-order valence-electron chi connectivity index (χ1n) is 6.21. The highest BCUT2D eigenvalue weighted by Gasteiger charge is 2.31. The quantitative estimate of drug-likeness (QED) is 0.556. The first-order chi connectivity index (χ1) is 11.4. The van der Waals surface area contributed by atoms with Gasteiger partial charge in [-0.15, -0.1) is 0 Å². The molecule has 0 fully saturated rings. The van der Waals surface area contributed by atoms with Gasteiger partial charge in [-0.25, -0.2) is 4.98 Å². The Balaban J connectivity index is 2.26. The number of nitriles is 1. The standard InChI is InChI=1S/C13H8ClF3N4OS2/c1-22-20-3-2-10-8(5-18)11(21-24-10)23-12-9(14)4-7(6-19-12)13(15,16)17/h3-4,6H,2H2,1H3/b20-3-. The van der Waals surface area contributed by atoms with Gasteiger partial charge in [0.2, 0.25) is 0 Å². The number of halogens is 4. The molecule has 11 heteroatoms. The van der Waals surface area contributed by atoms with Crippen molar-refractivity contribution in [3.8, 4) is 6.07 Å². The summed E-state index contributed by atoms with van der Waals surface area (Å²) in [5, 5.41) is 13.2. The third kappa shape index (κ3) is 4.37. The average molecular weight is 393 g/mol.